The van der Waals surface area contributed by atoms with Gasteiger partial charge in [0.1, 0.15) is 5.76 Å². The van der Waals surface area contributed by atoms with Gasteiger partial charge in [-0.25, -0.2) is 0 Å². The number of anilines is 1. The highest BCUT2D eigenvalue weighted by Crippen LogP contribution is 2.11. The van der Waals surface area contributed by atoms with E-state index in [0.29, 0.717) is 18.1 Å². The summed E-state index contributed by atoms with van der Waals surface area (Å²) < 4.78 is 4.95. The largest absolute Gasteiger partial charge is 0.360 e. The van der Waals surface area contributed by atoms with E-state index in [4.69, 9.17) is 4.52 Å². The topological polar surface area (TPSA) is 61.6 Å². The molecule has 1 fully saturated rings. The molecular weight excluding hydrogens is 304 g/mol. The average molecular weight is 328 g/mol. The van der Waals surface area contributed by atoms with Gasteiger partial charge in [-0.1, -0.05) is 35.0 Å². The Morgan fingerprint density at radius 2 is 1.92 bits per heavy atom. The standard InChI is InChI=1S/C18H24N4O2/c1-14-4-3-5-16(10-14)12-21-6-8-22(9-7-21)13-18(23)19-17-11-15(2)24-20-17/h3-5,10-11H,6-9,12-13H2,1-2H3,(H,19,20,23). The van der Waals surface area contributed by atoms with Gasteiger partial charge in [0.25, 0.3) is 0 Å². The van der Waals surface area contributed by atoms with Crippen molar-refractivity contribution in [1.29, 1.82) is 0 Å². The Kier molecular flexibility index (Phi) is 5.27. The van der Waals surface area contributed by atoms with E-state index < -0.39 is 0 Å². The number of aromatic nitrogens is 1. The molecule has 1 aliphatic rings. The number of piperazine rings is 1. The molecule has 24 heavy (non-hydrogen) atoms. The summed E-state index contributed by atoms with van der Waals surface area (Å²) >= 11 is 0. The maximum Gasteiger partial charge on any atom is 0.239 e. The second kappa shape index (κ2) is 7.59. The molecule has 0 aliphatic carbocycles. The van der Waals surface area contributed by atoms with Crippen molar-refractivity contribution in [1.82, 2.24) is 15.0 Å². The van der Waals surface area contributed by atoms with E-state index in [-0.39, 0.29) is 5.91 Å². The van der Waals surface area contributed by atoms with Crippen molar-refractivity contribution in [2.75, 3.05) is 38.0 Å². The molecule has 3 rings (SSSR count). The van der Waals surface area contributed by atoms with Gasteiger partial charge in [0, 0.05) is 38.8 Å². The van der Waals surface area contributed by atoms with Crippen LogP contribution in [0, 0.1) is 13.8 Å². The van der Waals surface area contributed by atoms with Crippen LogP contribution in [0.25, 0.3) is 0 Å². The van der Waals surface area contributed by atoms with E-state index in [1.165, 1.54) is 11.1 Å². The second-order valence-corrected chi connectivity index (χ2v) is 6.41. The minimum atomic E-state index is -0.0459. The Morgan fingerprint density at radius 3 is 2.58 bits per heavy atom. The molecule has 0 bridgehead atoms. The van der Waals surface area contributed by atoms with Crippen LogP contribution in [0.15, 0.2) is 34.9 Å². The van der Waals surface area contributed by atoms with Gasteiger partial charge in [-0.3, -0.25) is 14.6 Å². The maximum atomic E-state index is 12.1. The molecule has 1 aromatic carbocycles. The van der Waals surface area contributed by atoms with Crippen LogP contribution < -0.4 is 5.32 Å². The summed E-state index contributed by atoms with van der Waals surface area (Å²) in [5.41, 5.74) is 2.65. The van der Waals surface area contributed by atoms with Gasteiger partial charge >= 0.3 is 0 Å². The molecule has 0 saturated carbocycles. The molecule has 0 atom stereocenters. The summed E-state index contributed by atoms with van der Waals surface area (Å²) in [5.74, 6) is 1.13. The molecular formula is C18H24N4O2. The van der Waals surface area contributed by atoms with Gasteiger partial charge in [-0.15, -0.1) is 0 Å². The van der Waals surface area contributed by atoms with Gasteiger partial charge in [-0.2, -0.15) is 0 Å². The van der Waals surface area contributed by atoms with E-state index in [0.717, 1.165) is 32.7 Å². The monoisotopic (exact) mass is 328 g/mol. The van der Waals surface area contributed by atoms with Crippen molar-refractivity contribution in [3.05, 3.63) is 47.2 Å². The van der Waals surface area contributed by atoms with Crippen LogP contribution in [0.4, 0.5) is 5.82 Å². The summed E-state index contributed by atoms with van der Waals surface area (Å²) in [6.45, 7) is 9.04. The molecule has 1 saturated heterocycles. The molecule has 1 aromatic heterocycles. The molecule has 0 radical (unpaired) electrons. The number of nitrogens with one attached hydrogen (secondary N) is 1. The van der Waals surface area contributed by atoms with E-state index >= 15 is 0 Å². The van der Waals surface area contributed by atoms with Crippen LogP contribution >= 0.6 is 0 Å². The quantitative estimate of drug-likeness (QED) is 0.910. The smallest absolute Gasteiger partial charge is 0.239 e. The van der Waals surface area contributed by atoms with Crippen LogP contribution in [0.3, 0.4) is 0 Å². The summed E-state index contributed by atoms with van der Waals surface area (Å²) in [5, 5.41) is 6.55. The Hall–Kier alpha value is -2.18. The molecule has 128 valence electrons. The predicted molar refractivity (Wildman–Crippen MR) is 92.8 cm³/mol. The Labute approximate surface area is 142 Å². The van der Waals surface area contributed by atoms with Gasteiger partial charge in [0.2, 0.25) is 5.91 Å². The minimum Gasteiger partial charge on any atom is -0.360 e. The zero-order valence-corrected chi connectivity index (χ0v) is 14.3. The zero-order chi connectivity index (χ0) is 16.9. The van der Waals surface area contributed by atoms with E-state index in [9.17, 15) is 4.79 Å². The average Bonchev–Trinajstić information content (AvgIpc) is 2.94. The van der Waals surface area contributed by atoms with Crippen molar-refractivity contribution in [2.24, 2.45) is 0 Å². The van der Waals surface area contributed by atoms with Crippen molar-refractivity contribution < 1.29 is 9.32 Å². The third kappa shape index (κ3) is 4.66. The van der Waals surface area contributed by atoms with Gasteiger partial charge in [-0.05, 0) is 19.4 Å². The summed E-state index contributed by atoms with van der Waals surface area (Å²) in [7, 11) is 0. The minimum absolute atomic E-state index is 0.0459. The van der Waals surface area contributed by atoms with E-state index in [1.807, 2.05) is 0 Å². The molecule has 1 aliphatic heterocycles. The molecule has 1 N–H and O–H groups in total. The van der Waals surface area contributed by atoms with Gasteiger partial charge in [0.15, 0.2) is 5.82 Å². The lowest BCUT2D eigenvalue weighted by Crippen LogP contribution is -2.48. The number of nitrogens with zero attached hydrogens (tertiary/aromatic N) is 3. The first-order chi connectivity index (χ1) is 11.6. The highest BCUT2D eigenvalue weighted by atomic mass is 16.5. The molecule has 0 unspecified atom stereocenters. The van der Waals surface area contributed by atoms with Gasteiger partial charge < -0.3 is 9.84 Å². The van der Waals surface area contributed by atoms with Crippen LogP contribution in [0.1, 0.15) is 16.9 Å². The Balaban J connectivity index is 1.42. The lowest BCUT2D eigenvalue weighted by Gasteiger charge is -2.34. The van der Waals surface area contributed by atoms with E-state index in [2.05, 4.69) is 51.5 Å². The SMILES string of the molecule is Cc1cccc(CN2CCN(CC(=O)Nc3cc(C)on3)CC2)c1. The Morgan fingerprint density at radius 1 is 1.17 bits per heavy atom. The van der Waals surface area contributed by atoms with Crippen LogP contribution in [0.2, 0.25) is 0 Å². The summed E-state index contributed by atoms with van der Waals surface area (Å²) in [4.78, 5) is 16.7. The normalized spacial score (nSPS) is 16.2. The van der Waals surface area contributed by atoms with Crippen molar-refractivity contribution >= 4 is 11.7 Å². The third-order valence-electron chi connectivity index (χ3n) is 4.22. The van der Waals surface area contributed by atoms with Crippen LogP contribution in [-0.2, 0) is 11.3 Å². The number of hydrogen-bond acceptors (Lipinski definition) is 5. The van der Waals surface area contributed by atoms with Crippen LogP contribution in [-0.4, -0.2) is 53.6 Å². The number of benzene rings is 1. The molecule has 1 amide bonds. The molecule has 2 heterocycles. The zero-order valence-electron chi connectivity index (χ0n) is 14.3. The first kappa shape index (κ1) is 16.7. The van der Waals surface area contributed by atoms with E-state index in [1.54, 1.807) is 13.0 Å². The van der Waals surface area contributed by atoms with Crippen LogP contribution in [0.5, 0.6) is 0 Å². The van der Waals surface area contributed by atoms with Crippen molar-refractivity contribution in [2.45, 2.75) is 20.4 Å². The molecule has 0 spiro atoms. The van der Waals surface area contributed by atoms with Gasteiger partial charge in [0.05, 0.1) is 6.54 Å². The summed E-state index contributed by atoms with van der Waals surface area (Å²) in [6.07, 6.45) is 0. The fraction of sp³-hybridized carbons (Fsp3) is 0.444. The number of amides is 1. The molecule has 6 heteroatoms. The number of aryl methyl sites for hydroxylation is 2. The highest BCUT2D eigenvalue weighted by Gasteiger charge is 2.19. The lowest BCUT2D eigenvalue weighted by molar-refractivity contribution is -0.117. The third-order valence-corrected chi connectivity index (χ3v) is 4.22. The molecule has 2 aromatic rings. The summed E-state index contributed by atoms with van der Waals surface area (Å²) in [6, 6.07) is 10.4. The predicted octanol–water partition coefficient (Wildman–Crippen LogP) is 2.05. The fourth-order valence-corrected chi connectivity index (χ4v) is 2.98. The lowest BCUT2D eigenvalue weighted by atomic mass is 10.1. The number of rotatable bonds is 5. The van der Waals surface area contributed by atoms with Crippen molar-refractivity contribution in [3.8, 4) is 0 Å². The highest BCUT2D eigenvalue weighted by molar-refractivity contribution is 5.91. The molecule has 6 nitrogen and oxygen atoms in total. The first-order valence-corrected chi connectivity index (χ1v) is 8.32. The fourth-order valence-electron chi connectivity index (χ4n) is 2.98. The first-order valence-electron chi connectivity index (χ1n) is 8.32. The number of hydrogen-bond donors (Lipinski definition) is 1. The maximum absolute atomic E-state index is 12.1. The second-order valence-electron chi connectivity index (χ2n) is 6.41. The number of carbonyl (C=O) groups excluding carboxylic acids is 1. The Bertz CT molecular complexity index is 690. The number of carbonyl (C=O) groups is 1. The van der Waals surface area contributed by atoms with Crippen molar-refractivity contribution in [3.63, 3.8) is 0 Å².